The summed E-state index contributed by atoms with van der Waals surface area (Å²) in [5, 5.41) is 0. The van der Waals surface area contributed by atoms with Gasteiger partial charge >= 0.3 is 5.97 Å². The third-order valence-electron chi connectivity index (χ3n) is 0.476. The largest absolute Gasteiger partial charge is 0.465 e. The fraction of sp³-hybridized carbons (Fsp3) is 0.250. The highest BCUT2D eigenvalue weighted by Gasteiger charge is 2.01. The first kappa shape index (κ1) is 8.67. The van der Waals surface area contributed by atoms with Crippen molar-refractivity contribution in [2.75, 3.05) is 7.11 Å². The maximum atomic E-state index is 10.4. The summed E-state index contributed by atoms with van der Waals surface area (Å²) >= 11 is 3.89. The van der Waals surface area contributed by atoms with Crippen molar-refractivity contribution >= 4 is 51.2 Å². The van der Waals surface area contributed by atoms with Crippen LogP contribution in [0.5, 0.6) is 0 Å². The molecule has 0 fully saturated rings. The van der Waals surface area contributed by atoms with Gasteiger partial charge in [0.2, 0.25) is 0 Å². The quantitative estimate of drug-likeness (QED) is 0.415. The number of carbonyl (C=O) groups excluding carboxylic acids is 1. The Morgan fingerprint density at radius 3 is 2.38 bits per heavy atom. The molecule has 0 aromatic carbocycles. The van der Waals surface area contributed by atoms with E-state index in [0.29, 0.717) is 3.58 Å². The van der Waals surface area contributed by atoms with Crippen molar-refractivity contribution in [1.82, 2.24) is 0 Å². The van der Waals surface area contributed by atoms with E-state index in [1.807, 2.05) is 45.2 Å². The zero-order valence-electron chi connectivity index (χ0n) is 4.15. The molecule has 0 aliphatic carbocycles. The number of hydrogen-bond donors (Lipinski definition) is 0. The molecule has 0 rings (SSSR count). The van der Waals surface area contributed by atoms with E-state index in [1.54, 1.807) is 4.08 Å². The molecule has 0 heterocycles. The van der Waals surface area contributed by atoms with Gasteiger partial charge < -0.3 is 4.74 Å². The van der Waals surface area contributed by atoms with E-state index in [0.717, 1.165) is 0 Å². The Kier molecular flexibility index (Phi) is 4.92. The van der Waals surface area contributed by atoms with Crippen LogP contribution in [0.15, 0.2) is 7.66 Å². The van der Waals surface area contributed by atoms with Gasteiger partial charge in [-0.15, -0.1) is 0 Å². The van der Waals surface area contributed by atoms with Crippen LogP contribution in [0.25, 0.3) is 0 Å². The van der Waals surface area contributed by atoms with Crippen LogP contribution in [-0.2, 0) is 9.53 Å². The fourth-order valence-electron chi connectivity index (χ4n) is 0.142. The lowest BCUT2D eigenvalue weighted by molar-refractivity contribution is -0.135. The summed E-state index contributed by atoms with van der Waals surface area (Å²) in [5.41, 5.74) is 0. The topological polar surface area (TPSA) is 26.3 Å². The van der Waals surface area contributed by atoms with Crippen LogP contribution in [0.3, 0.4) is 0 Å². The van der Waals surface area contributed by atoms with Gasteiger partial charge in [0.1, 0.15) is 3.58 Å². The number of rotatable bonds is 1. The SMILES string of the molecule is COC(=O)/C(I)=C\I. The zero-order valence-corrected chi connectivity index (χ0v) is 8.46. The summed E-state index contributed by atoms with van der Waals surface area (Å²) in [6.45, 7) is 0. The molecule has 0 spiro atoms. The van der Waals surface area contributed by atoms with Crippen molar-refractivity contribution in [2.24, 2.45) is 0 Å². The minimum absolute atomic E-state index is 0.278. The van der Waals surface area contributed by atoms with Crippen LogP contribution >= 0.6 is 45.2 Å². The normalized spacial score (nSPS) is 11.1. The fourth-order valence-corrected chi connectivity index (χ4v) is 0.617. The predicted molar refractivity (Wildman–Crippen MR) is 48.1 cm³/mol. The molecule has 0 amide bonds. The third-order valence-corrected chi connectivity index (χ3v) is 3.04. The minimum Gasteiger partial charge on any atom is -0.465 e. The first-order valence-corrected chi connectivity index (χ1v) is 4.09. The van der Waals surface area contributed by atoms with Gasteiger partial charge in [-0.2, -0.15) is 0 Å². The van der Waals surface area contributed by atoms with Crippen molar-refractivity contribution in [2.45, 2.75) is 0 Å². The number of esters is 1. The highest BCUT2D eigenvalue weighted by Crippen LogP contribution is 2.09. The molecule has 0 saturated carbocycles. The molecule has 0 bridgehead atoms. The molecule has 0 aliphatic rings. The summed E-state index contributed by atoms with van der Waals surface area (Å²) in [4.78, 5) is 10.4. The molecule has 46 valence electrons. The molecule has 0 atom stereocenters. The number of methoxy groups -OCH3 is 1. The Labute approximate surface area is 74.9 Å². The second-order valence-corrected chi connectivity index (χ2v) is 2.73. The molecule has 8 heavy (non-hydrogen) atoms. The van der Waals surface area contributed by atoms with Gasteiger partial charge in [-0.3, -0.25) is 0 Å². The summed E-state index contributed by atoms with van der Waals surface area (Å²) < 4.78 is 6.66. The summed E-state index contributed by atoms with van der Waals surface area (Å²) in [6.07, 6.45) is 0. The molecular weight excluding hydrogens is 334 g/mol. The molecule has 0 N–H and O–H groups in total. The van der Waals surface area contributed by atoms with Crippen molar-refractivity contribution < 1.29 is 9.53 Å². The lowest BCUT2D eigenvalue weighted by Crippen LogP contribution is -1.97. The molecular formula is C4H4I2O2. The van der Waals surface area contributed by atoms with Gasteiger partial charge in [-0.1, -0.05) is 22.6 Å². The van der Waals surface area contributed by atoms with Crippen molar-refractivity contribution in [3.63, 3.8) is 0 Å². The Balaban J connectivity index is 3.83. The first-order valence-electron chi connectivity index (χ1n) is 1.76. The monoisotopic (exact) mass is 338 g/mol. The van der Waals surface area contributed by atoms with Gasteiger partial charge in [0.05, 0.1) is 7.11 Å². The average molecular weight is 338 g/mol. The van der Waals surface area contributed by atoms with Crippen molar-refractivity contribution in [3.8, 4) is 0 Å². The number of carbonyl (C=O) groups is 1. The molecule has 4 heteroatoms. The minimum atomic E-state index is -0.278. The van der Waals surface area contributed by atoms with Gasteiger partial charge in [0, 0.05) is 0 Å². The lowest BCUT2D eigenvalue weighted by Gasteiger charge is -1.91. The van der Waals surface area contributed by atoms with E-state index >= 15 is 0 Å². The van der Waals surface area contributed by atoms with E-state index in [-0.39, 0.29) is 5.97 Å². The predicted octanol–water partition coefficient (Wildman–Crippen LogP) is 1.87. The Hall–Kier alpha value is 0.670. The van der Waals surface area contributed by atoms with E-state index < -0.39 is 0 Å². The van der Waals surface area contributed by atoms with Crippen molar-refractivity contribution in [3.05, 3.63) is 7.66 Å². The maximum Gasteiger partial charge on any atom is 0.344 e. The molecule has 0 aromatic rings. The van der Waals surface area contributed by atoms with Gasteiger partial charge in [-0.25, -0.2) is 4.79 Å². The van der Waals surface area contributed by atoms with Crippen LogP contribution in [-0.4, -0.2) is 13.1 Å². The van der Waals surface area contributed by atoms with Crippen molar-refractivity contribution in [1.29, 1.82) is 0 Å². The van der Waals surface area contributed by atoms with Crippen LogP contribution in [0.1, 0.15) is 0 Å². The lowest BCUT2D eigenvalue weighted by atomic mass is 10.7. The van der Waals surface area contributed by atoms with E-state index in [2.05, 4.69) is 4.74 Å². The number of ether oxygens (including phenoxy) is 1. The summed E-state index contributed by atoms with van der Waals surface area (Å²) in [6, 6.07) is 0. The van der Waals surface area contributed by atoms with Gasteiger partial charge in [0.25, 0.3) is 0 Å². The molecule has 0 aliphatic heterocycles. The van der Waals surface area contributed by atoms with Crippen LogP contribution in [0.4, 0.5) is 0 Å². The van der Waals surface area contributed by atoms with E-state index in [9.17, 15) is 4.79 Å². The second kappa shape index (κ2) is 4.54. The summed E-state index contributed by atoms with van der Waals surface area (Å²) in [7, 11) is 1.36. The van der Waals surface area contributed by atoms with Crippen LogP contribution in [0, 0.1) is 0 Å². The number of halogens is 2. The highest BCUT2D eigenvalue weighted by atomic mass is 127. The van der Waals surface area contributed by atoms with E-state index in [4.69, 9.17) is 0 Å². The molecule has 0 aromatic heterocycles. The first-order chi connectivity index (χ1) is 3.72. The molecule has 0 saturated heterocycles. The molecule has 2 nitrogen and oxygen atoms in total. The standard InChI is InChI=1S/C4H4I2O2/c1-8-4(7)3(6)2-5/h2H,1H3/b3-2+. The zero-order chi connectivity index (χ0) is 6.57. The Morgan fingerprint density at radius 2 is 2.25 bits per heavy atom. The van der Waals surface area contributed by atoms with E-state index in [1.165, 1.54) is 7.11 Å². The Morgan fingerprint density at radius 1 is 1.75 bits per heavy atom. The third kappa shape index (κ3) is 2.85. The van der Waals surface area contributed by atoms with Gasteiger partial charge in [0.15, 0.2) is 0 Å². The highest BCUT2D eigenvalue weighted by molar-refractivity contribution is 14.1. The van der Waals surface area contributed by atoms with Gasteiger partial charge in [-0.05, 0) is 26.7 Å². The van der Waals surface area contributed by atoms with Crippen LogP contribution < -0.4 is 0 Å². The smallest absolute Gasteiger partial charge is 0.344 e. The van der Waals surface area contributed by atoms with Crippen LogP contribution in [0.2, 0.25) is 0 Å². The second-order valence-electron chi connectivity index (χ2n) is 0.949. The average Bonchev–Trinajstić information content (AvgIpc) is 1.84. The number of hydrogen-bond acceptors (Lipinski definition) is 2. The molecule has 0 radical (unpaired) electrons. The summed E-state index contributed by atoms with van der Waals surface area (Å²) in [5.74, 6) is -0.278. The Bertz CT molecular complexity index is 119. The molecule has 0 unspecified atom stereocenters. The maximum absolute atomic E-state index is 10.4.